The topological polar surface area (TPSA) is 12.5 Å². The van der Waals surface area contributed by atoms with Crippen molar-refractivity contribution in [2.45, 2.75) is 0 Å². The zero-order valence-corrected chi connectivity index (χ0v) is 30.6. The van der Waals surface area contributed by atoms with Crippen molar-refractivity contribution in [3.63, 3.8) is 0 Å². The summed E-state index contributed by atoms with van der Waals surface area (Å²) >= 11 is 1.84. The van der Waals surface area contributed by atoms with E-state index in [4.69, 9.17) is 4.74 Å². The SMILES string of the molecule is c1ccc(-c2ccc3c(c2)-c2cccc(N(c4ccc5sc6ccccc6c5c4)c4ccccc4-c4ccccc4)c2Oc2c-3ccc3ccccc23)cc1. The predicted octanol–water partition coefficient (Wildman–Crippen LogP) is 15.5. The molecule has 0 spiro atoms. The lowest BCUT2D eigenvalue weighted by molar-refractivity contribution is 0.494. The van der Waals surface area contributed by atoms with E-state index in [0.717, 1.165) is 72.7 Å². The van der Waals surface area contributed by atoms with E-state index in [-0.39, 0.29) is 0 Å². The van der Waals surface area contributed by atoms with Crippen molar-refractivity contribution in [3.8, 4) is 56.0 Å². The van der Waals surface area contributed by atoms with Gasteiger partial charge in [-0.2, -0.15) is 0 Å². The molecule has 0 unspecified atom stereocenters. The number of fused-ring (bicyclic) bond motifs is 10. The second-order valence-corrected chi connectivity index (χ2v) is 15.1. The van der Waals surface area contributed by atoms with Crippen LogP contribution in [0.2, 0.25) is 0 Å². The Balaban J connectivity index is 1.23. The molecular formula is C52H33NOS. The summed E-state index contributed by atoms with van der Waals surface area (Å²) in [5.74, 6) is 1.69. The monoisotopic (exact) mass is 719 g/mol. The smallest absolute Gasteiger partial charge is 0.159 e. The first-order valence-electron chi connectivity index (χ1n) is 18.7. The summed E-state index contributed by atoms with van der Waals surface area (Å²) in [5, 5.41) is 4.75. The number of hydrogen-bond donors (Lipinski definition) is 0. The standard InChI is InChI=1S/C52H33NOS/c1-3-14-34(15-4-1)37-27-29-41-44-30-26-36-18-7-8-20-40(36)51(44)54-52-43(45(41)32-37)22-13-24-48(52)53(47-23-11-9-19-39(47)35-16-5-2-6-17-35)38-28-31-50-46(33-38)42-21-10-12-25-49(42)55-50/h1-33H. The molecule has 2 heterocycles. The molecule has 2 nitrogen and oxygen atoms in total. The average molecular weight is 720 g/mol. The van der Waals surface area contributed by atoms with Gasteiger partial charge in [0.2, 0.25) is 0 Å². The highest BCUT2D eigenvalue weighted by Crippen LogP contribution is 2.55. The van der Waals surface area contributed by atoms with Gasteiger partial charge in [0, 0.05) is 47.9 Å². The van der Waals surface area contributed by atoms with Crippen LogP contribution in [0.3, 0.4) is 0 Å². The van der Waals surface area contributed by atoms with E-state index in [2.05, 4.69) is 205 Å². The van der Waals surface area contributed by atoms with E-state index in [1.165, 1.54) is 31.3 Å². The van der Waals surface area contributed by atoms with Gasteiger partial charge in [0.15, 0.2) is 5.75 Å². The molecule has 0 aliphatic carbocycles. The summed E-state index contributed by atoms with van der Waals surface area (Å²) < 4.78 is 10.0. The normalized spacial score (nSPS) is 11.8. The Morgan fingerprint density at radius 3 is 1.87 bits per heavy atom. The third-order valence-electron chi connectivity index (χ3n) is 10.9. The molecule has 258 valence electrons. The molecule has 11 rings (SSSR count). The van der Waals surface area contributed by atoms with Gasteiger partial charge in [0.25, 0.3) is 0 Å². The van der Waals surface area contributed by atoms with Crippen LogP contribution in [-0.2, 0) is 0 Å². The molecule has 0 atom stereocenters. The number of rotatable bonds is 5. The van der Waals surface area contributed by atoms with Crippen LogP contribution >= 0.6 is 11.3 Å². The van der Waals surface area contributed by atoms with E-state index in [1.807, 2.05) is 11.3 Å². The van der Waals surface area contributed by atoms with E-state index in [0.29, 0.717) is 0 Å². The second kappa shape index (κ2) is 12.9. The zero-order chi connectivity index (χ0) is 36.3. The highest BCUT2D eigenvalue weighted by molar-refractivity contribution is 7.25. The van der Waals surface area contributed by atoms with Gasteiger partial charge >= 0.3 is 0 Å². The Bertz CT molecular complexity index is 3070. The molecular weight excluding hydrogens is 687 g/mol. The fraction of sp³-hybridized carbons (Fsp3) is 0. The summed E-state index contributed by atoms with van der Waals surface area (Å²) in [6.45, 7) is 0. The molecule has 0 amide bonds. The third-order valence-corrected chi connectivity index (χ3v) is 12.0. The minimum Gasteiger partial charge on any atom is -0.453 e. The van der Waals surface area contributed by atoms with Gasteiger partial charge in [-0.3, -0.25) is 0 Å². The molecule has 10 aromatic rings. The van der Waals surface area contributed by atoms with Gasteiger partial charge in [-0.1, -0.05) is 152 Å². The highest BCUT2D eigenvalue weighted by atomic mass is 32.1. The van der Waals surface area contributed by atoms with Gasteiger partial charge in [0.1, 0.15) is 5.75 Å². The molecule has 0 saturated carbocycles. The van der Waals surface area contributed by atoms with Gasteiger partial charge in [0.05, 0.1) is 11.4 Å². The van der Waals surface area contributed by atoms with E-state index in [1.54, 1.807) is 0 Å². The van der Waals surface area contributed by atoms with Crippen molar-refractivity contribution in [2.75, 3.05) is 4.90 Å². The van der Waals surface area contributed by atoms with Gasteiger partial charge in [-0.05, 0) is 81.7 Å². The Labute approximate surface area is 323 Å². The van der Waals surface area contributed by atoms with Crippen molar-refractivity contribution >= 4 is 59.3 Å². The maximum Gasteiger partial charge on any atom is 0.159 e. The fourth-order valence-corrected chi connectivity index (χ4v) is 9.38. The van der Waals surface area contributed by atoms with Crippen molar-refractivity contribution in [2.24, 2.45) is 0 Å². The Morgan fingerprint density at radius 1 is 0.345 bits per heavy atom. The van der Waals surface area contributed by atoms with Gasteiger partial charge in [-0.25, -0.2) is 0 Å². The van der Waals surface area contributed by atoms with Crippen molar-refractivity contribution in [3.05, 3.63) is 200 Å². The number of benzene rings is 9. The Morgan fingerprint density at radius 2 is 1.00 bits per heavy atom. The molecule has 1 aliphatic rings. The van der Waals surface area contributed by atoms with Crippen LogP contribution in [0.1, 0.15) is 0 Å². The first-order valence-corrected chi connectivity index (χ1v) is 19.5. The number of ether oxygens (including phenoxy) is 1. The summed E-state index contributed by atoms with van der Waals surface area (Å²) in [7, 11) is 0. The molecule has 9 aromatic carbocycles. The van der Waals surface area contributed by atoms with E-state index in [9.17, 15) is 0 Å². The van der Waals surface area contributed by atoms with Crippen LogP contribution in [-0.4, -0.2) is 0 Å². The van der Waals surface area contributed by atoms with Crippen molar-refractivity contribution < 1.29 is 4.74 Å². The lowest BCUT2D eigenvalue weighted by Crippen LogP contribution is -2.12. The quantitative estimate of drug-likeness (QED) is 0.176. The predicted molar refractivity (Wildman–Crippen MR) is 233 cm³/mol. The van der Waals surface area contributed by atoms with Crippen LogP contribution in [0, 0.1) is 0 Å². The molecule has 1 aromatic heterocycles. The fourth-order valence-electron chi connectivity index (χ4n) is 8.29. The largest absolute Gasteiger partial charge is 0.453 e. The van der Waals surface area contributed by atoms with Crippen molar-refractivity contribution in [1.29, 1.82) is 0 Å². The summed E-state index contributed by atoms with van der Waals surface area (Å²) in [6, 6.07) is 72.1. The van der Waals surface area contributed by atoms with Crippen LogP contribution in [0.25, 0.3) is 75.5 Å². The molecule has 3 heteroatoms. The second-order valence-electron chi connectivity index (χ2n) is 14.0. The van der Waals surface area contributed by atoms with Crippen LogP contribution in [0.5, 0.6) is 11.5 Å². The minimum atomic E-state index is 0.821. The zero-order valence-electron chi connectivity index (χ0n) is 29.8. The first-order chi connectivity index (χ1) is 27.3. The first kappa shape index (κ1) is 31.6. The number of thiophene rings is 1. The molecule has 0 fully saturated rings. The average Bonchev–Trinajstić information content (AvgIpc) is 3.56. The van der Waals surface area contributed by atoms with Crippen LogP contribution in [0.15, 0.2) is 200 Å². The van der Waals surface area contributed by atoms with E-state index >= 15 is 0 Å². The summed E-state index contributed by atoms with van der Waals surface area (Å²) in [5.41, 5.74) is 12.2. The molecule has 0 N–H and O–H groups in total. The number of hydrogen-bond acceptors (Lipinski definition) is 3. The van der Waals surface area contributed by atoms with Crippen LogP contribution < -0.4 is 9.64 Å². The lowest BCUT2D eigenvalue weighted by atomic mass is 9.90. The molecule has 1 aliphatic heterocycles. The molecule has 0 saturated heterocycles. The molecule has 0 bridgehead atoms. The molecule has 55 heavy (non-hydrogen) atoms. The van der Waals surface area contributed by atoms with Crippen LogP contribution in [0.4, 0.5) is 17.1 Å². The van der Waals surface area contributed by atoms with E-state index < -0.39 is 0 Å². The number of anilines is 3. The van der Waals surface area contributed by atoms with Gasteiger partial charge in [-0.15, -0.1) is 11.3 Å². The third kappa shape index (κ3) is 5.24. The minimum absolute atomic E-state index is 0.821. The lowest BCUT2D eigenvalue weighted by Gasteiger charge is -2.30. The maximum absolute atomic E-state index is 7.45. The number of para-hydroxylation sites is 2. The highest BCUT2D eigenvalue weighted by Gasteiger charge is 2.29. The Hall–Kier alpha value is -6.94. The molecule has 0 radical (unpaired) electrons. The van der Waals surface area contributed by atoms with Gasteiger partial charge < -0.3 is 9.64 Å². The number of nitrogens with zero attached hydrogens (tertiary/aromatic N) is 1. The summed E-state index contributed by atoms with van der Waals surface area (Å²) in [6.07, 6.45) is 0. The summed E-state index contributed by atoms with van der Waals surface area (Å²) in [4.78, 5) is 2.41. The maximum atomic E-state index is 7.45. The Kier molecular flexibility index (Phi) is 7.39. The van der Waals surface area contributed by atoms with Crippen molar-refractivity contribution in [1.82, 2.24) is 0 Å².